The molecule has 0 unspecified atom stereocenters. The maximum atomic E-state index is 8.52. The monoisotopic (exact) mass is 268 g/mol. The van der Waals surface area contributed by atoms with Gasteiger partial charge in [0.15, 0.2) is 0 Å². The molecule has 0 saturated heterocycles. The van der Waals surface area contributed by atoms with Crippen LogP contribution in [0.4, 0.5) is 0 Å². The van der Waals surface area contributed by atoms with Gasteiger partial charge in [-0.2, -0.15) is 0 Å². The molecule has 0 bridgehead atoms. The average molecular weight is 269 g/mol. The predicted molar refractivity (Wildman–Crippen MR) is 39.7 cm³/mol. The third-order valence-electron chi connectivity index (χ3n) is 0. The van der Waals surface area contributed by atoms with E-state index < -0.39 is 10.4 Å². The molecule has 18 N–H and O–H groups in total. The summed E-state index contributed by atoms with van der Waals surface area (Å²) in [5, 5.41) is 0. The maximum absolute atomic E-state index is 8.52. The standard InChI is InChI=1S/Ni.H2O4S.6H2O/c;1-5(2,3)4;;;;;;/h;(H2,1,2,3,4);6*1H2/q+2;;;;;;;/p+4. The molecule has 0 atom stereocenters. The second kappa shape index (κ2) is 30.4. The molecule has 88 valence electrons. The zero-order chi connectivity index (χ0) is 4.50. The van der Waals surface area contributed by atoms with Gasteiger partial charge in [-0.3, -0.25) is 8.42 Å². The smallest absolute Gasteiger partial charge is 0.759 e. The summed E-state index contributed by atoms with van der Waals surface area (Å²) in [7, 11) is -5.17. The Balaban J connectivity index is -0.00000000381. The molecule has 0 radical (unpaired) electrons. The van der Waals surface area contributed by atoms with Gasteiger partial charge in [-0.15, -0.1) is 0 Å². The van der Waals surface area contributed by atoms with Crippen molar-refractivity contribution in [2.24, 2.45) is 0 Å². The van der Waals surface area contributed by atoms with Crippen molar-refractivity contribution in [1.82, 2.24) is 0 Å². The van der Waals surface area contributed by atoms with E-state index in [4.69, 9.17) is 17.5 Å². The van der Waals surface area contributed by atoms with Crippen LogP contribution in [0.5, 0.6) is 0 Å². The molecule has 0 amide bonds. The van der Waals surface area contributed by atoms with E-state index in [0.717, 1.165) is 0 Å². The van der Waals surface area contributed by atoms with E-state index in [0.29, 0.717) is 0 Å². The van der Waals surface area contributed by atoms with Gasteiger partial charge in [-0.1, -0.05) is 0 Å². The van der Waals surface area contributed by atoms with Crippen molar-refractivity contribution in [3.8, 4) is 0 Å². The van der Waals surface area contributed by atoms with E-state index in [1.165, 1.54) is 0 Å². The normalized spacial score (nSPS) is 4.83. The fourth-order valence-electron chi connectivity index (χ4n) is 0. The summed E-state index contributed by atoms with van der Waals surface area (Å²) in [5.41, 5.74) is 0. The van der Waals surface area contributed by atoms with Gasteiger partial charge in [0.05, 0.1) is 0 Å². The van der Waals surface area contributed by atoms with Crippen molar-refractivity contribution in [2.75, 3.05) is 0 Å². The Bertz CT molecular complexity index is 93.0. The number of hydrogen-bond donors (Lipinski definition) is 0. The molecule has 0 heterocycles. The van der Waals surface area contributed by atoms with Crippen LogP contribution in [0.3, 0.4) is 0 Å². The number of rotatable bonds is 0. The molecular weight excluding hydrogens is 251 g/mol. The van der Waals surface area contributed by atoms with Crippen LogP contribution in [-0.4, -0.2) is 17.5 Å². The molecule has 0 aromatic heterocycles. The van der Waals surface area contributed by atoms with Crippen LogP contribution >= 0.6 is 0 Å². The van der Waals surface area contributed by atoms with Gasteiger partial charge in [0, 0.05) is 10.4 Å². The first-order chi connectivity index (χ1) is 2.00. The minimum atomic E-state index is -5.17. The molecule has 0 aliphatic carbocycles. The van der Waals surface area contributed by atoms with Gasteiger partial charge < -0.3 is 42.0 Å². The van der Waals surface area contributed by atoms with Gasteiger partial charge >= 0.3 is 16.5 Å². The Hall–Kier alpha value is 0.124. The van der Waals surface area contributed by atoms with Crippen LogP contribution < -0.4 is 0 Å². The molecule has 0 saturated carbocycles. The van der Waals surface area contributed by atoms with Gasteiger partial charge in [0.2, 0.25) is 0 Å². The molecule has 0 aromatic carbocycles. The summed E-state index contributed by atoms with van der Waals surface area (Å²) in [6.07, 6.45) is 0. The van der Waals surface area contributed by atoms with Crippen molar-refractivity contribution in [2.45, 2.75) is 0 Å². The van der Waals surface area contributed by atoms with E-state index >= 15 is 0 Å². The van der Waals surface area contributed by atoms with Crippen molar-refractivity contribution in [1.29, 1.82) is 0 Å². The first-order valence-corrected chi connectivity index (χ1v) is 2.00. The van der Waals surface area contributed by atoms with E-state index in [1.54, 1.807) is 0 Å². The summed E-state index contributed by atoms with van der Waals surface area (Å²) in [6.45, 7) is 0. The molecule has 0 aliphatic rings. The van der Waals surface area contributed by atoms with E-state index in [2.05, 4.69) is 0 Å². The first kappa shape index (κ1) is 88.2. The topological polar surface area (TPSA) is 278 Å². The Kier molecular flexibility index (Phi) is 224. The molecule has 0 rings (SSSR count). The molecule has 0 fully saturated rings. The molecule has 12 heavy (non-hydrogen) atoms. The van der Waals surface area contributed by atoms with Crippen molar-refractivity contribution in [3.05, 3.63) is 0 Å². The molecule has 0 aromatic rings. The molecule has 0 spiro atoms. The van der Waals surface area contributed by atoms with Gasteiger partial charge in [-0.25, -0.2) is 0 Å². The Morgan fingerprint density at radius 2 is 0.667 bits per heavy atom. The summed E-state index contributed by atoms with van der Waals surface area (Å²) in [5.74, 6) is 0. The molecular formula is H18NiO10S+6. The van der Waals surface area contributed by atoms with Gasteiger partial charge in [-0.05, 0) is 0 Å². The quantitative estimate of drug-likeness (QED) is 0.179. The van der Waals surface area contributed by atoms with Crippen molar-refractivity contribution < 1.29 is 66.9 Å². The SMILES string of the molecule is O=S(=O)([O-])[O-].[Ni+2].[OH3+].[OH3+].[OH3+].[OH3+].[OH3+].[OH3+]. The second-order valence-electron chi connectivity index (χ2n) is 0.408. The fourth-order valence-corrected chi connectivity index (χ4v) is 0. The maximum Gasteiger partial charge on any atom is 2.00 e. The largest absolute Gasteiger partial charge is 2.00 e. The zero-order valence-corrected chi connectivity index (χ0v) is 7.63. The molecule has 0 aliphatic heterocycles. The minimum absolute atomic E-state index is 0. The van der Waals surface area contributed by atoms with Crippen LogP contribution in [-0.2, 0) is 59.7 Å². The third kappa shape index (κ3) is 55200. The van der Waals surface area contributed by atoms with Crippen molar-refractivity contribution in [3.63, 3.8) is 0 Å². The first-order valence-electron chi connectivity index (χ1n) is 0.667. The minimum Gasteiger partial charge on any atom is -0.759 e. The van der Waals surface area contributed by atoms with Crippen LogP contribution in [0.15, 0.2) is 0 Å². The average Bonchev–Trinajstić information content (AvgIpc) is 0.722. The molecule has 10 nitrogen and oxygen atoms in total. The summed E-state index contributed by atoms with van der Waals surface area (Å²) in [4.78, 5) is 0. The summed E-state index contributed by atoms with van der Waals surface area (Å²) < 4.78 is 34.1. The van der Waals surface area contributed by atoms with Crippen LogP contribution in [0, 0.1) is 0 Å². The predicted octanol–water partition coefficient (Wildman–Crippen LogP) is -6.87. The van der Waals surface area contributed by atoms with Gasteiger partial charge in [0.25, 0.3) is 0 Å². The summed E-state index contributed by atoms with van der Waals surface area (Å²) >= 11 is 0. The summed E-state index contributed by atoms with van der Waals surface area (Å²) in [6, 6.07) is 0. The van der Waals surface area contributed by atoms with Gasteiger partial charge in [0.1, 0.15) is 0 Å². The Morgan fingerprint density at radius 3 is 0.667 bits per heavy atom. The van der Waals surface area contributed by atoms with E-state index in [1.807, 2.05) is 0 Å². The van der Waals surface area contributed by atoms with Crippen LogP contribution in [0.1, 0.15) is 0 Å². The van der Waals surface area contributed by atoms with E-state index in [9.17, 15) is 0 Å². The van der Waals surface area contributed by atoms with Crippen molar-refractivity contribution >= 4 is 10.4 Å². The zero-order valence-electron chi connectivity index (χ0n) is 5.82. The Morgan fingerprint density at radius 1 is 0.667 bits per heavy atom. The van der Waals surface area contributed by atoms with Crippen LogP contribution in [0.2, 0.25) is 0 Å². The number of hydrogen-bond acceptors (Lipinski definition) is 4. The fraction of sp³-hybridized carbons (Fsp3) is 0. The second-order valence-corrected chi connectivity index (χ2v) is 1.22. The Labute approximate surface area is 77.9 Å². The van der Waals surface area contributed by atoms with E-state index in [-0.39, 0.29) is 49.3 Å². The molecule has 12 heteroatoms. The van der Waals surface area contributed by atoms with Crippen LogP contribution in [0.25, 0.3) is 0 Å². The third-order valence-corrected chi connectivity index (χ3v) is 0.